The van der Waals surface area contributed by atoms with Crippen molar-refractivity contribution in [3.8, 4) is 0 Å². The Morgan fingerprint density at radius 1 is 1.47 bits per heavy atom. The number of carboxylic acid groups (broad SMARTS) is 1. The molecule has 0 aliphatic rings. The Balaban J connectivity index is 2.99. The Bertz CT molecular complexity index is 475. The monoisotopic (exact) mass is 290 g/mol. The molecule has 0 saturated heterocycles. The first kappa shape index (κ1) is 15.3. The number of carbonyl (C=O) groups excluding carboxylic acids is 1. The van der Waals surface area contributed by atoms with Gasteiger partial charge in [-0.05, 0) is 6.92 Å². The van der Waals surface area contributed by atoms with E-state index in [0.29, 0.717) is 0 Å². The highest BCUT2D eigenvalue weighted by molar-refractivity contribution is 7.15. The molecule has 0 saturated carbocycles. The molecular weight excluding hydrogens is 276 g/mol. The number of anilines is 1. The number of ether oxygens (including phenoxy) is 1. The van der Waals surface area contributed by atoms with Crippen molar-refractivity contribution in [3.05, 3.63) is 10.6 Å². The first-order chi connectivity index (χ1) is 8.86. The molecule has 0 radical (unpaired) electrons. The minimum absolute atomic E-state index is 0.00954. The van der Waals surface area contributed by atoms with E-state index >= 15 is 0 Å². The summed E-state index contributed by atoms with van der Waals surface area (Å²) in [5, 5.41) is 27.9. The molecule has 1 aromatic heterocycles. The molecule has 106 valence electrons. The number of esters is 1. The Labute approximate surface area is 112 Å². The zero-order valence-electron chi connectivity index (χ0n) is 10.1. The van der Waals surface area contributed by atoms with Crippen LogP contribution in [0.2, 0.25) is 0 Å². The van der Waals surface area contributed by atoms with Gasteiger partial charge >= 0.3 is 11.9 Å². The number of nitrogen functional groups attached to an aromatic ring is 1. The number of carbonyl (C=O) groups is 2. The summed E-state index contributed by atoms with van der Waals surface area (Å²) < 4.78 is 4.73. The van der Waals surface area contributed by atoms with Crippen LogP contribution in [-0.2, 0) is 9.53 Å². The molecule has 0 bridgehead atoms. The normalized spacial score (nSPS) is 13.8. The van der Waals surface area contributed by atoms with Crippen LogP contribution in [0, 0.1) is 0 Å². The third kappa shape index (κ3) is 3.88. The first-order valence-corrected chi connectivity index (χ1v) is 6.19. The van der Waals surface area contributed by atoms with E-state index in [1.807, 2.05) is 0 Å². The summed E-state index contributed by atoms with van der Waals surface area (Å²) in [5.74, 6) is -2.06. The third-order valence-electron chi connectivity index (χ3n) is 2.16. The molecule has 9 heteroatoms. The average Bonchev–Trinajstić information content (AvgIpc) is 2.69. The van der Waals surface area contributed by atoms with Crippen LogP contribution in [0.3, 0.4) is 0 Å². The second-order valence-corrected chi connectivity index (χ2v) is 4.66. The van der Waals surface area contributed by atoms with E-state index in [9.17, 15) is 19.8 Å². The maximum atomic E-state index is 11.6. The second-order valence-electron chi connectivity index (χ2n) is 3.60. The molecular formula is C10H14N2O6S. The zero-order valence-corrected chi connectivity index (χ0v) is 10.9. The van der Waals surface area contributed by atoms with Crippen molar-refractivity contribution in [2.75, 3.05) is 12.3 Å². The van der Waals surface area contributed by atoms with Crippen molar-refractivity contribution < 1.29 is 29.6 Å². The van der Waals surface area contributed by atoms with Gasteiger partial charge in [0.15, 0.2) is 10.8 Å². The van der Waals surface area contributed by atoms with Gasteiger partial charge in [-0.1, -0.05) is 11.3 Å². The van der Waals surface area contributed by atoms with Gasteiger partial charge < -0.3 is 25.8 Å². The number of aliphatic hydroxyl groups is 2. The van der Waals surface area contributed by atoms with E-state index < -0.39 is 30.6 Å². The fourth-order valence-corrected chi connectivity index (χ4v) is 2.23. The molecule has 0 aromatic carbocycles. The molecule has 0 aliphatic carbocycles. The van der Waals surface area contributed by atoms with Gasteiger partial charge in [0.1, 0.15) is 6.10 Å². The molecule has 2 unspecified atom stereocenters. The van der Waals surface area contributed by atoms with Gasteiger partial charge in [0.2, 0.25) is 0 Å². The summed E-state index contributed by atoms with van der Waals surface area (Å²) in [5.41, 5.74) is 5.24. The minimum atomic E-state index is -1.56. The molecule has 0 amide bonds. The number of nitrogens with two attached hydrogens (primary N) is 1. The van der Waals surface area contributed by atoms with Gasteiger partial charge in [-0.2, -0.15) is 0 Å². The Morgan fingerprint density at radius 2 is 2.11 bits per heavy atom. The van der Waals surface area contributed by atoms with Gasteiger partial charge in [0.25, 0.3) is 0 Å². The lowest BCUT2D eigenvalue weighted by Gasteiger charge is -2.15. The largest absolute Gasteiger partial charge is 0.481 e. The summed E-state index contributed by atoms with van der Waals surface area (Å²) >= 11 is 0.795. The van der Waals surface area contributed by atoms with Crippen LogP contribution in [0.4, 0.5) is 5.13 Å². The lowest BCUT2D eigenvalue weighted by Crippen LogP contribution is -2.23. The van der Waals surface area contributed by atoms with Crippen LogP contribution < -0.4 is 5.73 Å². The maximum absolute atomic E-state index is 11.6. The van der Waals surface area contributed by atoms with Gasteiger partial charge in [-0.15, -0.1) is 0 Å². The van der Waals surface area contributed by atoms with E-state index in [2.05, 4.69) is 4.98 Å². The Hall–Kier alpha value is -1.71. The summed E-state index contributed by atoms with van der Waals surface area (Å²) in [4.78, 5) is 25.8. The molecule has 1 aromatic rings. The lowest BCUT2D eigenvalue weighted by atomic mass is 10.1. The number of hydrogen-bond donors (Lipinski definition) is 4. The van der Waals surface area contributed by atoms with Crippen molar-refractivity contribution in [3.63, 3.8) is 0 Å². The van der Waals surface area contributed by atoms with Crippen molar-refractivity contribution in [1.82, 2.24) is 4.98 Å². The van der Waals surface area contributed by atoms with Gasteiger partial charge in [0, 0.05) is 0 Å². The summed E-state index contributed by atoms with van der Waals surface area (Å²) in [7, 11) is 0. The average molecular weight is 290 g/mol. The van der Waals surface area contributed by atoms with Crippen LogP contribution in [0.25, 0.3) is 0 Å². The van der Waals surface area contributed by atoms with Crippen molar-refractivity contribution in [2.24, 2.45) is 0 Å². The van der Waals surface area contributed by atoms with Crippen molar-refractivity contribution in [1.29, 1.82) is 0 Å². The molecule has 8 nitrogen and oxygen atoms in total. The number of aliphatic hydroxyl groups excluding tert-OH is 2. The van der Waals surface area contributed by atoms with Crippen LogP contribution >= 0.6 is 11.3 Å². The highest BCUT2D eigenvalue weighted by Crippen LogP contribution is 2.30. The lowest BCUT2D eigenvalue weighted by molar-refractivity contribution is -0.141. The minimum Gasteiger partial charge on any atom is -0.481 e. The van der Waals surface area contributed by atoms with Crippen LogP contribution in [0.15, 0.2) is 0 Å². The number of aliphatic carboxylic acids is 1. The molecule has 0 spiro atoms. The highest BCUT2D eigenvalue weighted by Gasteiger charge is 2.29. The van der Waals surface area contributed by atoms with Crippen molar-refractivity contribution >= 4 is 28.4 Å². The molecule has 5 N–H and O–H groups in total. The molecule has 2 atom stereocenters. The number of aromatic nitrogens is 1. The summed E-state index contributed by atoms with van der Waals surface area (Å²) in [6, 6.07) is 0. The molecule has 0 aliphatic heterocycles. The predicted octanol–water partition coefficient (Wildman–Crippen LogP) is -0.229. The Kier molecular flexibility index (Phi) is 5.21. The number of carboxylic acids is 1. The predicted molar refractivity (Wildman–Crippen MR) is 65.7 cm³/mol. The van der Waals surface area contributed by atoms with E-state index in [1.54, 1.807) is 6.92 Å². The number of nitrogens with zero attached hydrogens (tertiary/aromatic N) is 1. The number of rotatable bonds is 6. The SMILES string of the molecule is CCOC(=O)c1nc(N)sc1C(O)C(O)CC(=O)O. The van der Waals surface area contributed by atoms with Crippen LogP contribution in [0.5, 0.6) is 0 Å². The fourth-order valence-electron chi connectivity index (χ4n) is 1.36. The Morgan fingerprint density at radius 3 is 2.63 bits per heavy atom. The fraction of sp³-hybridized carbons (Fsp3) is 0.500. The van der Waals surface area contributed by atoms with Crippen LogP contribution in [0.1, 0.15) is 34.8 Å². The molecule has 1 rings (SSSR count). The standard InChI is InChI=1S/C10H14N2O6S/c1-2-18-9(17)6-8(19-10(11)12-6)7(16)4(13)3-5(14)15/h4,7,13,16H,2-3H2,1H3,(H2,11,12)(H,14,15). The van der Waals surface area contributed by atoms with E-state index in [0.717, 1.165) is 11.3 Å². The topological polar surface area (TPSA) is 143 Å². The number of hydrogen-bond acceptors (Lipinski definition) is 8. The summed E-state index contributed by atoms with van der Waals surface area (Å²) in [6.07, 6.45) is -3.79. The smallest absolute Gasteiger partial charge is 0.358 e. The van der Waals surface area contributed by atoms with Gasteiger partial charge in [-0.25, -0.2) is 9.78 Å². The maximum Gasteiger partial charge on any atom is 0.358 e. The first-order valence-electron chi connectivity index (χ1n) is 5.38. The summed E-state index contributed by atoms with van der Waals surface area (Å²) in [6.45, 7) is 1.71. The van der Waals surface area contributed by atoms with E-state index in [-0.39, 0.29) is 22.3 Å². The van der Waals surface area contributed by atoms with Gasteiger partial charge in [0.05, 0.1) is 24.0 Å². The van der Waals surface area contributed by atoms with Gasteiger partial charge in [-0.3, -0.25) is 4.79 Å². The molecule has 0 fully saturated rings. The second kappa shape index (κ2) is 6.45. The van der Waals surface area contributed by atoms with E-state index in [4.69, 9.17) is 15.6 Å². The number of thiazole rings is 1. The zero-order chi connectivity index (χ0) is 14.6. The highest BCUT2D eigenvalue weighted by atomic mass is 32.1. The molecule has 19 heavy (non-hydrogen) atoms. The molecule has 1 heterocycles. The van der Waals surface area contributed by atoms with Crippen LogP contribution in [-0.4, -0.2) is 45.0 Å². The van der Waals surface area contributed by atoms with Crippen molar-refractivity contribution in [2.45, 2.75) is 25.6 Å². The quantitative estimate of drug-likeness (QED) is 0.526. The third-order valence-corrected chi connectivity index (χ3v) is 3.11. The van der Waals surface area contributed by atoms with E-state index in [1.165, 1.54) is 0 Å².